The van der Waals surface area contributed by atoms with E-state index in [1.807, 2.05) is 0 Å². The van der Waals surface area contributed by atoms with Gasteiger partial charge in [-0.3, -0.25) is 10.3 Å². The molecule has 0 spiro atoms. The van der Waals surface area contributed by atoms with Gasteiger partial charge in [-0.25, -0.2) is 0 Å². The molecule has 2 nitrogen and oxygen atoms in total. The topological polar surface area (TPSA) is 55.3 Å². The summed E-state index contributed by atoms with van der Waals surface area (Å²) in [6.45, 7) is 0. The minimum Gasteiger partial charge on any atom is -0.291 e. The molecule has 0 atom stereocenters. The van der Waals surface area contributed by atoms with Gasteiger partial charge in [0.25, 0.3) is 0 Å². The zero-order chi connectivity index (χ0) is 7.98. The summed E-state index contributed by atoms with van der Waals surface area (Å²) in [5.74, 6) is 0. The molecule has 11 heavy (non-hydrogen) atoms. The van der Waals surface area contributed by atoms with Crippen LogP contribution in [0.2, 0.25) is 0 Å². The average Bonchev–Trinajstić information content (AvgIpc) is 1.99. The molecule has 6 N–H and O–H groups in total. The van der Waals surface area contributed by atoms with Crippen LogP contribution in [0.3, 0.4) is 0 Å². The molecule has 0 aliphatic rings. The van der Waals surface area contributed by atoms with Crippen molar-refractivity contribution in [3.63, 3.8) is 0 Å². The molecule has 0 aromatic rings. The molecule has 0 heterocycles. The average molecular weight is 280 g/mol. The van der Waals surface area contributed by atoms with Gasteiger partial charge >= 0.3 is 0 Å². The van der Waals surface area contributed by atoms with Crippen molar-refractivity contribution < 1.29 is 29.8 Å². The van der Waals surface area contributed by atoms with E-state index in [0.717, 1.165) is 21.2 Å². The zero-order valence-electron chi connectivity index (χ0n) is 6.17. The molecule has 0 fully saturated rings. The van der Waals surface area contributed by atoms with Crippen LogP contribution < -0.4 is 10.3 Å². The largest absolute Gasteiger partial charge is 0.291 e. The van der Waals surface area contributed by atoms with E-state index in [1.54, 1.807) is 0 Å². The van der Waals surface area contributed by atoms with Gasteiger partial charge in [0.05, 0.1) is 0 Å². The number of hydrogen-bond donors (Lipinski definition) is 2. The third-order valence-corrected chi connectivity index (χ3v) is 3.02. The van der Waals surface area contributed by atoms with Crippen LogP contribution in [0.4, 0.5) is 0 Å². The van der Waals surface area contributed by atoms with Crippen molar-refractivity contribution in [3.05, 3.63) is 0 Å². The van der Waals surface area contributed by atoms with Crippen LogP contribution in [0.5, 0.6) is 0 Å². The van der Waals surface area contributed by atoms with E-state index >= 15 is 0 Å². The van der Waals surface area contributed by atoms with E-state index in [-0.39, 0.29) is 19.5 Å². The summed E-state index contributed by atoms with van der Waals surface area (Å²) in [5, 5.41) is 7.20. The van der Waals surface area contributed by atoms with E-state index < -0.39 is 0 Å². The van der Waals surface area contributed by atoms with Gasteiger partial charge in [0, 0.05) is 19.5 Å². The Morgan fingerprint density at radius 2 is 1.27 bits per heavy atom. The van der Waals surface area contributed by atoms with Crippen molar-refractivity contribution >= 4 is 56.7 Å². The molecule has 7 heteroatoms. The maximum Gasteiger partial charge on any atom is 0.114 e. The van der Waals surface area contributed by atoms with Crippen molar-refractivity contribution in [1.29, 1.82) is 0 Å². The van der Waals surface area contributed by atoms with E-state index in [1.165, 1.54) is 23.9 Å². The van der Waals surface area contributed by atoms with Crippen molar-refractivity contribution in [3.8, 4) is 0 Å². The molecule has 0 saturated carbocycles. The second-order valence-electron chi connectivity index (χ2n) is 1.53. The Morgan fingerprint density at radius 1 is 1.00 bits per heavy atom. The first kappa shape index (κ1) is 14.9. The van der Waals surface area contributed by atoms with Crippen molar-refractivity contribution in [2.24, 2.45) is 0 Å². The second-order valence-corrected chi connectivity index (χ2v) is 4.60. The molecule has 0 aromatic heterocycles. The minimum atomic E-state index is 0. The van der Waals surface area contributed by atoms with E-state index in [4.69, 9.17) is 24.4 Å². The maximum absolute atomic E-state index is 4.93. The van der Waals surface area contributed by atoms with Gasteiger partial charge < -0.3 is 0 Å². The normalized spacial score (nSPS) is 8.55. The molecule has 0 unspecified atom stereocenters. The third-order valence-electron chi connectivity index (χ3n) is 0.855. The molecule has 0 aliphatic carbocycles. The molecular weight excluding hydrogens is 270 g/mol. The quantitative estimate of drug-likeness (QED) is 0.440. The SMILES string of the molecule is [NH3+]SC(=S)CCC(=S)S[NH3+].[Zn]. The summed E-state index contributed by atoms with van der Waals surface area (Å²) in [5.41, 5.74) is 0. The van der Waals surface area contributed by atoms with Crippen LogP contribution in [-0.2, 0) is 19.5 Å². The smallest absolute Gasteiger partial charge is 0.114 e. The van der Waals surface area contributed by atoms with Crippen molar-refractivity contribution in [2.45, 2.75) is 12.8 Å². The Kier molecular flexibility index (Phi) is 12.9. The summed E-state index contributed by atoms with van der Waals surface area (Å²) in [7, 11) is 0. The first-order chi connectivity index (χ1) is 4.70. The fourth-order valence-corrected chi connectivity index (χ4v) is 1.05. The Hall–Kier alpha value is 1.42. The molecule has 0 bridgehead atoms. The summed E-state index contributed by atoms with van der Waals surface area (Å²) in [6.07, 6.45) is 1.70. The van der Waals surface area contributed by atoms with Gasteiger partial charge in [-0.15, -0.1) is 0 Å². The van der Waals surface area contributed by atoms with E-state index in [0.29, 0.717) is 0 Å². The number of thiocarbonyl (C=S) groups is 2. The Morgan fingerprint density at radius 3 is 1.45 bits per heavy atom. The summed E-state index contributed by atoms with van der Waals surface area (Å²) < 4.78 is 1.83. The number of rotatable bonds is 3. The predicted octanol–water partition coefficient (Wildman–Crippen LogP) is 0.199. The van der Waals surface area contributed by atoms with Gasteiger partial charge in [-0.2, -0.15) is 0 Å². The molecular formula is C4H10N2S4Zn+2. The molecule has 60 valence electrons. The van der Waals surface area contributed by atoms with Gasteiger partial charge in [-0.05, 0) is 12.8 Å². The van der Waals surface area contributed by atoms with Crippen LogP contribution >= 0.6 is 48.3 Å². The molecule has 0 saturated heterocycles. The van der Waals surface area contributed by atoms with Crippen LogP contribution in [0.25, 0.3) is 0 Å². The first-order valence-electron chi connectivity index (χ1n) is 2.60. The van der Waals surface area contributed by atoms with Crippen LogP contribution in [0.1, 0.15) is 12.8 Å². The molecule has 0 radical (unpaired) electrons. The van der Waals surface area contributed by atoms with Gasteiger partial charge in [0.1, 0.15) is 32.3 Å². The predicted molar refractivity (Wildman–Crippen MR) is 55.4 cm³/mol. The van der Waals surface area contributed by atoms with Crippen LogP contribution in [0, 0.1) is 0 Å². The Bertz CT molecular complexity index is 124. The van der Waals surface area contributed by atoms with E-state index in [2.05, 4.69) is 10.3 Å². The molecule has 0 aromatic carbocycles. The molecule has 0 amide bonds. The first-order valence-corrected chi connectivity index (χ1v) is 5.39. The van der Waals surface area contributed by atoms with E-state index in [9.17, 15) is 0 Å². The molecule has 0 rings (SSSR count). The van der Waals surface area contributed by atoms with Gasteiger partial charge in [0.2, 0.25) is 0 Å². The monoisotopic (exact) mass is 278 g/mol. The molecule has 0 aliphatic heterocycles. The van der Waals surface area contributed by atoms with Gasteiger partial charge in [0.15, 0.2) is 0 Å². The van der Waals surface area contributed by atoms with Crippen molar-refractivity contribution in [2.75, 3.05) is 0 Å². The number of hydrogen-bond acceptors (Lipinski definition) is 4. The summed E-state index contributed by atoms with van der Waals surface area (Å²) in [4.78, 5) is 0. The number of quaternary nitrogens is 2. The standard InChI is InChI=1S/C4H8N2S4.Zn/c5-9-3(7)1-2-4(8)10-6;/h1-2,5-6H2;/p+2. The second kappa shape index (κ2) is 9.51. The van der Waals surface area contributed by atoms with Crippen LogP contribution in [0.15, 0.2) is 0 Å². The zero-order valence-corrected chi connectivity index (χ0v) is 12.4. The van der Waals surface area contributed by atoms with Gasteiger partial charge in [-0.1, -0.05) is 24.4 Å². The maximum atomic E-state index is 4.93. The fraction of sp³-hybridized carbons (Fsp3) is 0.500. The Labute approximate surface area is 98.6 Å². The fourth-order valence-electron chi connectivity index (χ4n) is 0.348. The summed E-state index contributed by atoms with van der Waals surface area (Å²) >= 11 is 12.6. The minimum absolute atomic E-state index is 0. The Balaban J connectivity index is 0. The van der Waals surface area contributed by atoms with Crippen LogP contribution in [-0.4, -0.2) is 8.39 Å². The third kappa shape index (κ3) is 9.34. The summed E-state index contributed by atoms with van der Waals surface area (Å²) in [6, 6.07) is 0. The van der Waals surface area contributed by atoms with Crippen molar-refractivity contribution in [1.82, 2.24) is 0 Å².